The molecule has 0 bridgehead atoms. The molecule has 28 heavy (non-hydrogen) atoms. The van der Waals surface area contributed by atoms with E-state index in [1.165, 1.54) is 0 Å². The van der Waals surface area contributed by atoms with Crippen LogP contribution in [0.1, 0.15) is 21.7 Å². The Balaban J connectivity index is 1.49. The minimum Gasteiger partial charge on any atom is -0.461 e. The van der Waals surface area contributed by atoms with Gasteiger partial charge in [-0.3, -0.25) is 9.20 Å². The molecule has 8 heteroatoms. The van der Waals surface area contributed by atoms with Crippen LogP contribution in [0.2, 0.25) is 0 Å². The van der Waals surface area contributed by atoms with Gasteiger partial charge in [0.25, 0.3) is 5.91 Å². The van der Waals surface area contributed by atoms with Crippen LogP contribution in [-0.4, -0.2) is 30.2 Å². The Morgan fingerprint density at radius 3 is 2.93 bits per heavy atom. The number of hydrogen-bond acceptors (Lipinski definition) is 5. The summed E-state index contributed by atoms with van der Waals surface area (Å²) < 4.78 is 7.18. The Labute approximate surface area is 159 Å². The maximum atomic E-state index is 12.9. The average Bonchev–Trinajstić information content (AvgIpc) is 3.41. The second kappa shape index (κ2) is 6.05. The number of nitrogens with one attached hydrogen (secondary N) is 2. The predicted molar refractivity (Wildman–Crippen MR) is 104 cm³/mol. The number of aryl methyl sites for hydroxylation is 2. The molecular weight excluding hydrogens is 356 g/mol. The summed E-state index contributed by atoms with van der Waals surface area (Å²) in [7, 11) is 0. The van der Waals surface area contributed by atoms with Gasteiger partial charge >= 0.3 is 0 Å². The highest BCUT2D eigenvalue weighted by Gasteiger charge is 2.17. The van der Waals surface area contributed by atoms with E-state index in [0.29, 0.717) is 28.5 Å². The monoisotopic (exact) mass is 372 g/mol. The highest BCUT2D eigenvalue weighted by Crippen LogP contribution is 2.24. The zero-order valence-corrected chi connectivity index (χ0v) is 15.2. The number of carbonyl (C=O) groups excluding carboxylic acids is 1. The van der Waals surface area contributed by atoms with Gasteiger partial charge in [-0.15, -0.1) is 0 Å². The van der Waals surface area contributed by atoms with Crippen LogP contribution in [0.3, 0.4) is 0 Å². The average molecular weight is 372 g/mol. The van der Waals surface area contributed by atoms with Crippen molar-refractivity contribution >= 4 is 28.3 Å². The maximum Gasteiger partial charge on any atom is 0.259 e. The van der Waals surface area contributed by atoms with Crippen molar-refractivity contribution in [3.8, 4) is 11.6 Å². The number of rotatable bonds is 3. The molecule has 0 radical (unpaired) electrons. The van der Waals surface area contributed by atoms with Crippen molar-refractivity contribution in [3.63, 3.8) is 0 Å². The molecule has 0 aliphatic heterocycles. The summed E-state index contributed by atoms with van der Waals surface area (Å²) in [5.41, 5.74) is 4.96. The second-order valence-corrected chi connectivity index (χ2v) is 6.53. The molecule has 0 aliphatic rings. The van der Waals surface area contributed by atoms with Gasteiger partial charge in [-0.05, 0) is 44.2 Å². The number of H-pyrrole nitrogens is 1. The molecule has 0 fully saturated rings. The number of imidazole rings is 2. The van der Waals surface area contributed by atoms with Crippen LogP contribution in [-0.2, 0) is 0 Å². The first-order valence-electron chi connectivity index (χ1n) is 8.74. The Morgan fingerprint density at radius 2 is 2.11 bits per heavy atom. The summed E-state index contributed by atoms with van der Waals surface area (Å²) >= 11 is 0. The highest BCUT2D eigenvalue weighted by molar-refractivity contribution is 6.06. The molecule has 0 aliphatic carbocycles. The van der Waals surface area contributed by atoms with Crippen LogP contribution in [0, 0.1) is 13.8 Å². The fourth-order valence-corrected chi connectivity index (χ4v) is 3.38. The molecule has 0 unspecified atom stereocenters. The topological polar surface area (TPSA) is 101 Å². The second-order valence-electron chi connectivity index (χ2n) is 6.53. The number of aromatic nitrogens is 5. The number of amides is 1. The van der Waals surface area contributed by atoms with E-state index in [1.54, 1.807) is 23.2 Å². The van der Waals surface area contributed by atoms with Crippen molar-refractivity contribution in [2.24, 2.45) is 0 Å². The third-order valence-electron chi connectivity index (χ3n) is 4.71. The normalized spacial score (nSPS) is 11.4. The number of nitrogens with zero attached hydrogens (tertiary/aromatic N) is 4. The third-order valence-corrected chi connectivity index (χ3v) is 4.71. The summed E-state index contributed by atoms with van der Waals surface area (Å²) in [5.74, 6) is 1.08. The molecule has 0 saturated heterocycles. The lowest BCUT2D eigenvalue weighted by Gasteiger charge is -2.12. The van der Waals surface area contributed by atoms with Crippen molar-refractivity contribution in [2.75, 3.05) is 5.32 Å². The molecule has 5 aromatic rings. The quantitative estimate of drug-likeness (QED) is 0.502. The molecule has 1 aromatic carbocycles. The number of furan rings is 1. The van der Waals surface area contributed by atoms with Crippen molar-refractivity contribution in [1.29, 1.82) is 0 Å². The predicted octanol–water partition coefficient (Wildman–Crippen LogP) is 3.73. The Morgan fingerprint density at radius 1 is 1.21 bits per heavy atom. The SMILES string of the molecule is Cc1nc2cncn2c(C)c1C(=O)Nc1ccc2nc(-c3ccco3)[nH]c2c1. The van der Waals surface area contributed by atoms with Crippen LogP contribution in [0.25, 0.3) is 28.3 Å². The summed E-state index contributed by atoms with van der Waals surface area (Å²) in [6.45, 7) is 3.70. The number of hydrogen-bond donors (Lipinski definition) is 2. The van der Waals surface area contributed by atoms with Crippen LogP contribution < -0.4 is 5.32 Å². The Hall–Kier alpha value is -3.94. The zero-order chi connectivity index (χ0) is 19.3. The van der Waals surface area contributed by atoms with E-state index in [4.69, 9.17) is 4.42 Å². The standard InChI is InChI=1S/C20H16N6O2/c1-11-18(12(2)26-10-21-9-17(26)22-11)20(27)23-13-5-6-14-15(8-13)25-19(24-14)16-4-3-7-28-16/h3-10H,1-2H3,(H,23,27)(H,24,25). The number of anilines is 1. The van der Waals surface area contributed by atoms with Gasteiger partial charge in [0.05, 0.1) is 34.8 Å². The molecule has 2 N–H and O–H groups in total. The van der Waals surface area contributed by atoms with Crippen LogP contribution in [0.4, 0.5) is 5.69 Å². The summed E-state index contributed by atoms with van der Waals surface area (Å²) in [6, 6.07) is 9.17. The maximum absolute atomic E-state index is 12.9. The number of fused-ring (bicyclic) bond motifs is 2. The van der Waals surface area contributed by atoms with Crippen molar-refractivity contribution < 1.29 is 9.21 Å². The lowest BCUT2D eigenvalue weighted by Crippen LogP contribution is -2.17. The fraction of sp³-hybridized carbons (Fsp3) is 0.100. The van der Waals surface area contributed by atoms with Crippen LogP contribution >= 0.6 is 0 Å². The van der Waals surface area contributed by atoms with E-state index in [2.05, 4.69) is 25.3 Å². The first kappa shape index (κ1) is 16.2. The van der Waals surface area contributed by atoms with Crippen molar-refractivity contribution in [1.82, 2.24) is 24.3 Å². The molecule has 0 saturated carbocycles. The molecule has 4 aromatic heterocycles. The van der Waals surface area contributed by atoms with Gasteiger partial charge in [0.15, 0.2) is 17.2 Å². The number of carbonyl (C=O) groups is 1. The molecule has 0 atom stereocenters. The van der Waals surface area contributed by atoms with E-state index < -0.39 is 0 Å². The van der Waals surface area contributed by atoms with Crippen molar-refractivity contribution in [2.45, 2.75) is 13.8 Å². The molecule has 1 amide bonds. The fourth-order valence-electron chi connectivity index (χ4n) is 3.38. The van der Waals surface area contributed by atoms with Gasteiger partial charge < -0.3 is 14.7 Å². The van der Waals surface area contributed by atoms with Gasteiger partial charge in [-0.25, -0.2) is 15.0 Å². The minimum absolute atomic E-state index is 0.219. The van der Waals surface area contributed by atoms with Gasteiger partial charge in [-0.1, -0.05) is 0 Å². The molecule has 5 rings (SSSR count). The summed E-state index contributed by atoms with van der Waals surface area (Å²) in [4.78, 5) is 29.2. The zero-order valence-electron chi connectivity index (χ0n) is 15.2. The Bertz CT molecular complexity index is 1330. The lowest BCUT2D eigenvalue weighted by atomic mass is 10.1. The summed E-state index contributed by atoms with van der Waals surface area (Å²) in [6.07, 6.45) is 4.93. The lowest BCUT2D eigenvalue weighted by molar-refractivity contribution is 0.102. The Kier molecular flexibility index (Phi) is 3.51. The molecule has 138 valence electrons. The summed E-state index contributed by atoms with van der Waals surface area (Å²) in [5, 5.41) is 2.95. The van der Waals surface area contributed by atoms with E-state index in [-0.39, 0.29) is 5.91 Å². The number of benzene rings is 1. The van der Waals surface area contributed by atoms with Gasteiger partial charge in [0, 0.05) is 11.4 Å². The van der Waals surface area contributed by atoms with Crippen LogP contribution in [0.15, 0.2) is 53.5 Å². The van der Waals surface area contributed by atoms with Gasteiger partial charge in [-0.2, -0.15) is 0 Å². The molecule has 4 heterocycles. The molecule has 8 nitrogen and oxygen atoms in total. The van der Waals surface area contributed by atoms with E-state index >= 15 is 0 Å². The highest BCUT2D eigenvalue weighted by atomic mass is 16.3. The third kappa shape index (κ3) is 2.54. The molecular formula is C20H16N6O2. The van der Waals surface area contributed by atoms with Crippen LogP contribution in [0.5, 0.6) is 0 Å². The minimum atomic E-state index is -0.219. The molecule has 0 spiro atoms. The smallest absolute Gasteiger partial charge is 0.259 e. The van der Waals surface area contributed by atoms with E-state index in [1.807, 2.05) is 44.2 Å². The first-order valence-corrected chi connectivity index (χ1v) is 8.74. The number of aromatic amines is 1. The first-order chi connectivity index (χ1) is 13.6. The van der Waals surface area contributed by atoms with Crippen molar-refractivity contribution in [3.05, 3.63) is 66.1 Å². The van der Waals surface area contributed by atoms with E-state index in [0.717, 1.165) is 22.4 Å². The largest absolute Gasteiger partial charge is 0.461 e. The van der Waals surface area contributed by atoms with Gasteiger partial charge in [0.2, 0.25) is 0 Å². The van der Waals surface area contributed by atoms with E-state index in [9.17, 15) is 4.79 Å². The van der Waals surface area contributed by atoms with Gasteiger partial charge in [0.1, 0.15) is 6.33 Å².